The van der Waals surface area contributed by atoms with E-state index in [4.69, 9.17) is 5.41 Å². The lowest BCUT2D eigenvalue weighted by Gasteiger charge is -2.40. The first-order valence-electron chi connectivity index (χ1n) is 7.10. The van der Waals surface area contributed by atoms with Crippen molar-refractivity contribution in [3.8, 4) is 0 Å². The predicted molar refractivity (Wildman–Crippen MR) is 74.8 cm³/mol. The van der Waals surface area contributed by atoms with Crippen LogP contribution in [0.1, 0.15) is 50.7 Å². The normalized spacial score (nSPS) is 25.5. The molecule has 1 N–H and O–H groups in total. The van der Waals surface area contributed by atoms with Crippen LogP contribution >= 0.6 is 0 Å². The first kappa shape index (κ1) is 12.6. The van der Waals surface area contributed by atoms with Crippen LogP contribution < -0.4 is 0 Å². The molecule has 1 aromatic rings. The molecule has 0 radical (unpaired) electrons. The summed E-state index contributed by atoms with van der Waals surface area (Å²) < 4.78 is 13.3. The molecule has 1 unspecified atom stereocenters. The number of amidine groups is 1. The highest BCUT2D eigenvalue weighted by Crippen LogP contribution is 2.39. The van der Waals surface area contributed by atoms with Gasteiger partial charge in [0.1, 0.15) is 11.7 Å². The maximum absolute atomic E-state index is 13.3. The summed E-state index contributed by atoms with van der Waals surface area (Å²) in [6.07, 6.45) is 4.78. The number of nitrogens with one attached hydrogen (secondary N) is 1. The van der Waals surface area contributed by atoms with E-state index in [1.807, 2.05) is 6.07 Å². The second-order valence-corrected chi connectivity index (χ2v) is 6.69. The molecule has 1 aromatic carbocycles. The molecule has 102 valence electrons. The summed E-state index contributed by atoms with van der Waals surface area (Å²) in [7, 11) is 0. The van der Waals surface area contributed by atoms with Crippen LogP contribution in [0.2, 0.25) is 0 Å². The van der Waals surface area contributed by atoms with Crippen LogP contribution in [-0.2, 0) is 6.54 Å². The number of hydrogen-bond donors (Lipinski definition) is 1. The van der Waals surface area contributed by atoms with Crippen molar-refractivity contribution < 1.29 is 4.39 Å². The second-order valence-electron chi connectivity index (χ2n) is 6.69. The molecule has 19 heavy (non-hydrogen) atoms. The van der Waals surface area contributed by atoms with E-state index >= 15 is 0 Å². The average molecular weight is 260 g/mol. The molecular formula is C16H21FN2. The molecular weight excluding hydrogens is 239 g/mol. The highest BCUT2D eigenvalue weighted by molar-refractivity contribution is 6.00. The number of benzene rings is 1. The monoisotopic (exact) mass is 260 g/mol. The highest BCUT2D eigenvalue weighted by Gasteiger charge is 2.36. The third kappa shape index (κ3) is 2.26. The standard InChI is InChI=1S/C16H21FN2/c1-16(2)7-3-4-13(9-16)19-10-11-5-6-12(17)8-14(11)15(19)18/h5-6,8,13,18H,3-4,7,9-10H2,1-2H3. The van der Waals surface area contributed by atoms with Gasteiger partial charge in [0, 0.05) is 18.2 Å². The van der Waals surface area contributed by atoms with Crippen LogP contribution in [0.15, 0.2) is 18.2 Å². The Balaban J connectivity index is 1.84. The van der Waals surface area contributed by atoms with E-state index in [1.54, 1.807) is 0 Å². The van der Waals surface area contributed by atoms with Gasteiger partial charge in [-0.3, -0.25) is 5.41 Å². The van der Waals surface area contributed by atoms with Crippen molar-refractivity contribution in [2.45, 2.75) is 52.1 Å². The summed E-state index contributed by atoms with van der Waals surface area (Å²) in [4.78, 5) is 2.17. The van der Waals surface area contributed by atoms with Gasteiger partial charge in [0.05, 0.1) is 0 Å². The number of fused-ring (bicyclic) bond motifs is 1. The maximum atomic E-state index is 13.3. The Labute approximate surface area is 114 Å². The van der Waals surface area contributed by atoms with Gasteiger partial charge in [-0.05, 0) is 42.4 Å². The number of hydrogen-bond acceptors (Lipinski definition) is 1. The van der Waals surface area contributed by atoms with Gasteiger partial charge in [0.2, 0.25) is 0 Å². The van der Waals surface area contributed by atoms with Crippen molar-refractivity contribution in [3.05, 3.63) is 35.1 Å². The second kappa shape index (κ2) is 4.32. The number of rotatable bonds is 1. The lowest BCUT2D eigenvalue weighted by Crippen LogP contribution is -2.41. The largest absolute Gasteiger partial charge is 0.349 e. The molecule has 0 saturated heterocycles. The Morgan fingerprint density at radius 3 is 2.89 bits per heavy atom. The molecule has 1 aliphatic carbocycles. The molecule has 0 aromatic heterocycles. The minimum absolute atomic E-state index is 0.241. The maximum Gasteiger partial charge on any atom is 0.129 e. The minimum Gasteiger partial charge on any atom is -0.349 e. The van der Waals surface area contributed by atoms with Crippen LogP contribution in [0.25, 0.3) is 0 Å². The van der Waals surface area contributed by atoms with Crippen LogP contribution in [0.5, 0.6) is 0 Å². The van der Waals surface area contributed by atoms with E-state index in [-0.39, 0.29) is 5.82 Å². The van der Waals surface area contributed by atoms with Gasteiger partial charge in [-0.25, -0.2) is 4.39 Å². The quantitative estimate of drug-likeness (QED) is 0.813. The molecule has 0 amide bonds. The lowest BCUT2D eigenvalue weighted by molar-refractivity contribution is 0.142. The summed E-state index contributed by atoms with van der Waals surface area (Å²) in [6, 6.07) is 5.27. The van der Waals surface area contributed by atoms with Gasteiger partial charge in [0.25, 0.3) is 0 Å². The molecule has 0 bridgehead atoms. The molecule has 2 aliphatic rings. The van der Waals surface area contributed by atoms with Crippen LogP contribution in [0.3, 0.4) is 0 Å². The van der Waals surface area contributed by atoms with E-state index in [9.17, 15) is 4.39 Å². The molecule has 0 spiro atoms. The Bertz CT molecular complexity index is 521. The van der Waals surface area contributed by atoms with Crippen molar-refractivity contribution in [1.29, 1.82) is 5.41 Å². The fraction of sp³-hybridized carbons (Fsp3) is 0.562. The first-order valence-corrected chi connectivity index (χ1v) is 7.10. The number of halogens is 1. The minimum atomic E-state index is -0.241. The van der Waals surface area contributed by atoms with Gasteiger partial charge < -0.3 is 4.90 Å². The summed E-state index contributed by atoms with van der Waals surface area (Å²) >= 11 is 0. The van der Waals surface area contributed by atoms with Gasteiger partial charge >= 0.3 is 0 Å². The fourth-order valence-corrected chi connectivity index (χ4v) is 3.56. The smallest absolute Gasteiger partial charge is 0.129 e. The van der Waals surface area contributed by atoms with E-state index < -0.39 is 0 Å². The van der Waals surface area contributed by atoms with Crippen molar-refractivity contribution in [3.63, 3.8) is 0 Å². The van der Waals surface area contributed by atoms with Crippen molar-refractivity contribution in [2.24, 2.45) is 5.41 Å². The molecule has 3 heteroatoms. The third-order valence-electron chi connectivity index (χ3n) is 4.57. The van der Waals surface area contributed by atoms with Crippen molar-refractivity contribution in [2.75, 3.05) is 0 Å². The van der Waals surface area contributed by atoms with Crippen molar-refractivity contribution in [1.82, 2.24) is 4.90 Å². The molecule has 2 nitrogen and oxygen atoms in total. The molecule has 1 aliphatic heterocycles. The van der Waals surface area contributed by atoms with Crippen LogP contribution in [0.4, 0.5) is 4.39 Å². The third-order valence-corrected chi connectivity index (χ3v) is 4.57. The summed E-state index contributed by atoms with van der Waals surface area (Å²) in [6.45, 7) is 5.40. The Kier molecular flexibility index (Phi) is 2.88. The van der Waals surface area contributed by atoms with E-state index in [0.717, 1.165) is 30.5 Å². The fourth-order valence-electron chi connectivity index (χ4n) is 3.56. The van der Waals surface area contributed by atoms with Gasteiger partial charge in [-0.15, -0.1) is 0 Å². The molecule has 1 atom stereocenters. The molecule has 3 rings (SSSR count). The summed E-state index contributed by atoms with van der Waals surface area (Å²) in [5.74, 6) is 0.270. The van der Waals surface area contributed by atoms with Crippen molar-refractivity contribution >= 4 is 5.84 Å². The molecule has 1 heterocycles. The SMILES string of the molecule is CC1(C)CCCC(N2Cc3ccc(F)cc3C2=N)C1. The van der Waals surface area contributed by atoms with Crippen LogP contribution in [0, 0.1) is 16.6 Å². The number of nitrogens with zero attached hydrogens (tertiary/aromatic N) is 1. The zero-order valence-corrected chi connectivity index (χ0v) is 11.7. The van der Waals surface area contributed by atoms with Gasteiger partial charge in [0.15, 0.2) is 0 Å². The zero-order chi connectivity index (χ0) is 13.6. The lowest BCUT2D eigenvalue weighted by atomic mass is 9.74. The zero-order valence-electron chi connectivity index (χ0n) is 11.7. The van der Waals surface area contributed by atoms with Gasteiger partial charge in [-0.1, -0.05) is 26.3 Å². The highest BCUT2D eigenvalue weighted by atomic mass is 19.1. The Morgan fingerprint density at radius 1 is 1.37 bits per heavy atom. The van der Waals surface area contributed by atoms with E-state index in [1.165, 1.54) is 25.0 Å². The Hall–Kier alpha value is -1.38. The van der Waals surface area contributed by atoms with Gasteiger partial charge in [-0.2, -0.15) is 0 Å². The Morgan fingerprint density at radius 2 is 2.16 bits per heavy atom. The predicted octanol–water partition coefficient (Wildman–Crippen LogP) is 3.94. The van der Waals surface area contributed by atoms with E-state index in [0.29, 0.717) is 17.3 Å². The summed E-state index contributed by atoms with van der Waals surface area (Å²) in [5.41, 5.74) is 2.24. The van der Waals surface area contributed by atoms with Crippen LogP contribution in [-0.4, -0.2) is 16.8 Å². The average Bonchev–Trinajstić information content (AvgIpc) is 2.66. The molecule has 1 fully saturated rings. The topological polar surface area (TPSA) is 27.1 Å². The molecule has 1 saturated carbocycles. The van der Waals surface area contributed by atoms with E-state index in [2.05, 4.69) is 18.7 Å². The first-order chi connectivity index (χ1) is 8.96. The summed E-state index contributed by atoms with van der Waals surface area (Å²) in [5, 5.41) is 8.31.